The molecule has 2 unspecified atom stereocenters. The van der Waals surface area contributed by atoms with Crippen molar-refractivity contribution in [1.82, 2.24) is 4.90 Å². The van der Waals surface area contributed by atoms with Gasteiger partial charge in [0.05, 0.1) is 13.2 Å². The second-order valence-electron chi connectivity index (χ2n) is 19.6. The topological polar surface area (TPSA) is 189 Å². The third-order valence-electron chi connectivity index (χ3n) is 12.6. The minimum Gasteiger partial charge on any atom is -0.493 e. The molecular formula is C55H97NO12. The van der Waals surface area contributed by atoms with Crippen molar-refractivity contribution < 1.29 is 58.6 Å². The lowest BCUT2D eigenvalue weighted by Crippen LogP contribution is -2.12. The van der Waals surface area contributed by atoms with Crippen LogP contribution in [0.4, 0.5) is 0 Å². The number of benzene rings is 1. The number of rotatable bonds is 52. The van der Waals surface area contributed by atoms with E-state index >= 15 is 0 Å². The molecular weight excluding hydrogens is 867 g/mol. The molecule has 0 amide bonds. The molecule has 13 nitrogen and oxygen atoms in total. The first kappa shape index (κ1) is 62.6. The second-order valence-corrected chi connectivity index (χ2v) is 19.6. The van der Waals surface area contributed by atoms with Crippen LogP contribution in [0.3, 0.4) is 0 Å². The van der Waals surface area contributed by atoms with Crippen LogP contribution in [0.1, 0.15) is 224 Å². The summed E-state index contributed by atoms with van der Waals surface area (Å²) in [6.07, 6.45) is 32.0. The summed E-state index contributed by atoms with van der Waals surface area (Å²) in [6.45, 7) is 4.92. The van der Waals surface area contributed by atoms with Gasteiger partial charge in [-0.05, 0) is 121 Å². The highest BCUT2D eigenvalue weighted by molar-refractivity contribution is 5.67. The summed E-state index contributed by atoms with van der Waals surface area (Å²) in [4.78, 5) is 45.3. The molecule has 1 aromatic rings. The summed E-state index contributed by atoms with van der Waals surface area (Å²) in [7, 11) is 4.11. The van der Waals surface area contributed by atoms with Gasteiger partial charge in [0.2, 0.25) is 0 Å². The number of aliphatic carboxylic acids is 4. The number of unbranched alkanes of at least 4 members (excludes halogenated alkanes) is 20. The molecule has 0 aliphatic carbocycles. The van der Waals surface area contributed by atoms with Gasteiger partial charge in [0, 0.05) is 64.7 Å². The maximum atomic E-state index is 10.8. The van der Waals surface area contributed by atoms with E-state index in [4.69, 9.17) is 39.4 Å². The normalized spacial score (nSPS) is 12.3. The molecule has 0 saturated carbocycles. The number of hydrogen-bond donors (Lipinski definition) is 4. The summed E-state index contributed by atoms with van der Waals surface area (Å²) in [5.41, 5.74) is 1.14. The van der Waals surface area contributed by atoms with Crippen LogP contribution in [0.2, 0.25) is 0 Å². The largest absolute Gasteiger partial charge is 0.493 e. The van der Waals surface area contributed by atoms with Crippen molar-refractivity contribution >= 4 is 23.9 Å². The van der Waals surface area contributed by atoms with Crippen molar-refractivity contribution in [3.05, 3.63) is 23.8 Å². The highest BCUT2D eigenvalue weighted by Crippen LogP contribution is 2.26. The standard InChI is InChI=1S/C55H97NO12/c1-56(2)44-49-41-50(67-39-27-25-37-65-45-47(31-19-11-7-15-23-35-54(61)62)29-17-9-3-5-13-21-33-52(57)58)43-51(42-49)68-40-28-26-38-66-46-48(32-20-12-8-16-24-36-55(63)64)30-18-10-4-6-14-22-34-53(59)60/h41-43,47-48H,3-40,44-46H2,1-2H3,(H,57,58)(H,59,60)(H,61,62)(H,63,64). The molecule has 0 aliphatic heterocycles. The lowest BCUT2D eigenvalue weighted by atomic mass is 9.94. The molecule has 4 N–H and O–H groups in total. The van der Waals surface area contributed by atoms with Gasteiger partial charge in [-0.2, -0.15) is 0 Å². The highest BCUT2D eigenvalue weighted by Gasteiger charge is 2.12. The fourth-order valence-electron chi connectivity index (χ4n) is 8.68. The Bertz CT molecular complexity index is 1300. The molecule has 68 heavy (non-hydrogen) atoms. The van der Waals surface area contributed by atoms with E-state index in [0.717, 1.165) is 204 Å². The van der Waals surface area contributed by atoms with Crippen molar-refractivity contribution in [3.8, 4) is 11.5 Å². The van der Waals surface area contributed by atoms with E-state index < -0.39 is 23.9 Å². The number of nitrogens with zero attached hydrogens (tertiary/aromatic N) is 1. The summed E-state index contributed by atoms with van der Waals surface area (Å²) >= 11 is 0. The van der Waals surface area contributed by atoms with Gasteiger partial charge in [0.25, 0.3) is 0 Å². The molecule has 0 saturated heterocycles. The van der Waals surface area contributed by atoms with E-state index in [0.29, 0.717) is 38.3 Å². The lowest BCUT2D eigenvalue weighted by Gasteiger charge is -2.18. The Morgan fingerprint density at radius 2 is 0.676 bits per heavy atom. The number of carbonyl (C=O) groups is 4. The van der Waals surface area contributed by atoms with Crippen molar-refractivity contribution in [2.45, 2.75) is 225 Å². The molecule has 1 aromatic carbocycles. The number of ether oxygens (including phenoxy) is 4. The Labute approximate surface area is 411 Å². The zero-order valence-corrected chi connectivity index (χ0v) is 42.9. The fraction of sp³-hybridized carbons (Fsp3) is 0.818. The minimum atomic E-state index is -0.716. The van der Waals surface area contributed by atoms with Crippen molar-refractivity contribution in [2.75, 3.05) is 53.7 Å². The molecule has 394 valence electrons. The van der Waals surface area contributed by atoms with Crippen LogP contribution in [0, 0.1) is 11.8 Å². The van der Waals surface area contributed by atoms with Crippen LogP contribution < -0.4 is 9.47 Å². The van der Waals surface area contributed by atoms with Crippen LogP contribution in [0.15, 0.2) is 18.2 Å². The van der Waals surface area contributed by atoms with Gasteiger partial charge in [-0.25, -0.2) is 0 Å². The van der Waals surface area contributed by atoms with Crippen LogP contribution >= 0.6 is 0 Å². The van der Waals surface area contributed by atoms with Gasteiger partial charge >= 0.3 is 23.9 Å². The van der Waals surface area contributed by atoms with E-state index in [1.807, 2.05) is 6.07 Å². The zero-order chi connectivity index (χ0) is 49.7. The Kier molecular flexibility index (Phi) is 41.2. The van der Waals surface area contributed by atoms with E-state index in [-0.39, 0.29) is 25.7 Å². The van der Waals surface area contributed by atoms with Gasteiger partial charge in [-0.3, -0.25) is 19.2 Å². The Morgan fingerprint density at radius 1 is 0.397 bits per heavy atom. The van der Waals surface area contributed by atoms with Crippen LogP contribution in [0.25, 0.3) is 0 Å². The summed E-state index contributed by atoms with van der Waals surface area (Å²) < 4.78 is 24.9. The number of carboxylic acids is 4. The Hall–Kier alpha value is -3.42. The van der Waals surface area contributed by atoms with Gasteiger partial charge in [0.1, 0.15) is 11.5 Å². The van der Waals surface area contributed by atoms with E-state index in [1.165, 1.54) is 25.7 Å². The fourth-order valence-corrected chi connectivity index (χ4v) is 8.68. The van der Waals surface area contributed by atoms with Gasteiger partial charge in [0.15, 0.2) is 0 Å². The molecule has 0 bridgehead atoms. The first-order valence-corrected chi connectivity index (χ1v) is 27.0. The molecule has 1 rings (SSSR count). The quantitative estimate of drug-likeness (QED) is 0.0452. The van der Waals surface area contributed by atoms with Crippen molar-refractivity contribution in [1.29, 1.82) is 0 Å². The molecule has 0 radical (unpaired) electrons. The smallest absolute Gasteiger partial charge is 0.303 e. The molecule has 2 atom stereocenters. The average molecular weight is 964 g/mol. The maximum absolute atomic E-state index is 10.8. The molecule has 0 spiro atoms. The first-order chi connectivity index (χ1) is 32.9. The summed E-state index contributed by atoms with van der Waals surface area (Å²) in [5.74, 6) is -0.178. The predicted octanol–water partition coefficient (Wildman–Crippen LogP) is 13.4. The lowest BCUT2D eigenvalue weighted by molar-refractivity contribution is -0.138. The third kappa shape index (κ3) is 42.7. The average Bonchev–Trinajstić information content (AvgIpc) is 3.28. The SMILES string of the molecule is CN(C)Cc1cc(OCCCCOCC(CCCCCCCCC(=O)O)CCCCCCCC(=O)O)cc(OCCCCOCC(CCCCCCCCC(=O)O)CCCCCCCC(=O)O)c1. The van der Waals surface area contributed by atoms with Gasteiger partial charge in [-0.15, -0.1) is 0 Å². The molecule has 0 aromatic heterocycles. The molecule has 0 aliphatic rings. The minimum absolute atomic E-state index is 0.255. The number of carboxylic acid groups (broad SMARTS) is 4. The van der Waals surface area contributed by atoms with E-state index in [9.17, 15) is 19.2 Å². The van der Waals surface area contributed by atoms with Crippen LogP contribution in [0.5, 0.6) is 11.5 Å². The van der Waals surface area contributed by atoms with E-state index in [2.05, 4.69) is 31.1 Å². The number of hydrogen-bond acceptors (Lipinski definition) is 9. The van der Waals surface area contributed by atoms with Crippen molar-refractivity contribution in [2.24, 2.45) is 11.8 Å². The van der Waals surface area contributed by atoms with E-state index in [1.54, 1.807) is 0 Å². The summed E-state index contributed by atoms with van der Waals surface area (Å²) in [5, 5.41) is 35.5. The molecule has 0 fully saturated rings. The first-order valence-electron chi connectivity index (χ1n) is 27.0. The van der Waals surface area contributed by atoms with Gasteiger partial charge in [-0.1, -0.05) is 116 Å². The Balaban J connectivity index is 2.48. The highest BCUT2D eigenvalue weighted by atomic mass is 16.5. The molecule has 0 heterocycles. The van der Waals surface area contributed by atoms with Crippen LogP contribution in [-0.4, -0.2) is 103 Å². The maximum Gasteiger partial charge on any atom is 0.303 e. The van der Waals surface area contributed by atoms with Gasteiger partial charge < -0.3 is 44.3 Å². The Morgan fingerprint density at radius 3 is 0.971 bits per heavy atom. The monoisotopic (exact) mass is 964 g/mol. The second kappa shape index (κ2) is 44.8. The van der Waals surface area contributed by atoms with Crippen LogP contribution in [-0.2, 0) is 35.2 Å². The third-order valence-corrected chi connectivity index (χ3v) is 12.6. The predicted molar refractivity (Wildman–Crippen MR) is 271 cm³/mol. The molecule has 13 heteroatoms. The summed E-state index contributed by atoms with van der Waals surface area (Å²) in [6, 6.07) is 6.19. The zero-order valence-electron chi connectivity index (χ0n) is 42.9. The van der Waals surface area contributed by atoms with Crippen molar-refractivity contribution in [3.63, 3.8) is 0 Å².